The van der Waals surface area contributed by atoms with E-state index < -0.39 is 0 Å². The number of nitrogens with two attached hydrogens (primary N) is 1. The van der Waals surface area contributed by atoms with Gasteiger partial charge in [0.25, 0.3) is 0 Å². The van der Waals surface area contributed by atoms with Gasteiger partial charge in [-0.05, 0) is 43.4 Å². The lowest BCUT2D eigenvalue weighted by Crippen LogP contribution is -2.41. The van der Waals surface area contributed by atoms with Gasteiger partial charge in [-0.25, -0.2) is 0 Å². The van der Waals surface area contributed by atoms with Crippen LogP contribution in [0.4, 0.5) is 0 Å². The molecule has 0 aromatic carbocycles. The SMILES string of the molecule is CN(CCc1ccccn1)CC1CCC(C)(C)C1N. The zero-order valence-corrected chi connectivity index (χ0v) is 12.5. The van der Waals surface area contributed by atoms with Crippen LogP contribution >= 0.6 is 0 Å². The van der Waals surface area contributed by atoms with Gasteiger partial charge in [0, 0.05) is 37.4 Å². The Hall–Kier alpha value is -0.930. The number of likely N-dealkylation sites (N-methyl/N-ethyl adjacent to an activating group) is 1. The number of hydrogen-bond acceptors (Lipinski definition) is 3. The molecule has 0 bridgehead atoms. The predicted octanol–water partition coefficient (Wildman–Crippen LogP) is 2.32. The maximum Gasteiger partial charge on any atom is 0.0416 e. The molecule has 1 heterocycles. The summed E-state index contributed by atoms with van der Waals surface area (Å²) < 4.78 is 0. The van der Waals surface area contributed by atoms with Gasteiger partial charge in [0.15, 0.2) is 0 Å². The molecule has 1 aliphatic rings. The Morgan fingerprint density at radius 1 is 1.42 bits per heavy atom. The number of rotatable bonds is 5. The summed E-state index contributed by atoms with van der Waals surface area (Å²) in [5, 5.41) is 0. The van der Waals surface area contributed by atoms with Crippen molar-refractivity contribution in [1.29, 1.82) is 0 Å². The molecule has 0 aliphatic heterocycles. The van der Waals surface area contributed by atoms with Gasteiger partial charge in [0.2, 0.25) is 0 Å². The summed E-state index contributed by atoms with van der Waals surface area (Å²) in [5.41, 5.74) is 7.86. The first-order chi connectivity index (χ1) is 8.99. The van der Waals surface area contributed by atoms with Gasteiger partial charge < -0.3 is 10.6 Å². The fraction of sp³-hybridized carbons (Fsp3) is 0.688. The van der Waals surface area contributed by atoms with Crippen LogP contribution in [0.2, 0.25) is 0 Å². The van der Waals surface area contributed by atoms with Crippen LogP contribution in [0.1, 0.15) is 32.4 Å². The molecular formula is C16H27N3. The van der Waals surface area contributed by atoms with Crippen molar-refractivity contribution in [3.63, 3.8) is 0 Å². The molecule has 1 aromatic rings. The van der Waals surface area contributed by atoms with E-state index in [4.69, 9.17) is 5.73 Å². The topological polar surface area (TPSA) is 42.2 Å². The first kappa shape index (κ1) is 14.5. The van der Waals surface area contributed by atoms with Crippen LogP contribution in [0.5, 0.6) is 0 Å². The minimum absolute atomic E-state index is 0.312. The highest BCUT2D eigenvalue weighted by atomic mass is 15.1. The Morgan fingerprint density at radius 3 is 2.79 bits per heavy atom. The first-order valence-electron chi connectivity index (χ1n) is 7.33. The van der Waals surface area contributed by atoms with Gasteiger partial charge in [-0.2, -0.15) is 0 Å². The molecule has 1 aromatic heterocycles. The number of hydrogen-bond donors (Lipinski definition) is 1. The largest absolute Gasteiger partial charge is 0.327 e. The van der Waals surface area contributed by atoms with Gasteiger partial charge in [-0.1, -0.05) is 19.9 Å². The molecular weight excluding hydrogens is 234 g/mol. The Labute approximate surface area is 117 Å². The second-order valence-corrected chi connectivity index (χ2v) is 6.65. The standard InChI is InChI=1S/C16H27N3/c1-16(2)9-7-13(15(16)17)12-19(3)11-8-14-6-4-5-10-18-14/h4-6,10,13,15H,7-9,11-12,17H2,1-3H3. The Balaban J connectivity index is 1.78. The monoisotopic (exact) mass is 261 g/mol. The van der Waals surface area contributed by atoms with Crippen molar-refractivity contribution < 1.29 is 0 Å². The number of nitrogens with zero attached hydrogens (tertiary/aromatic N) is 2. The first-order valence-corrected chi connectivity index (χ1v) is 7.33. The van der Waals surface area contributed by atoms with E-state index in [0.29, 0.717) is 17.4 Å². The molecule has 3 heteroatoms. The van der Waals surface area contributed by atoms with Crippen LogP contribution in [0.15, 0.2) is 24.4 Å². The van der Waals surface area contributed by atoms with Crippen molar-refractivity contribution in [2.24, 2.45) is 17.1 Å². The van der Waals surface area contributed by atoms with E-state index in [1.807, 2.05) is 12.3 Å². The van der Waals surface area contributed by atoms with Gasteiger partial charge in [-0.3, -0.25) is 4.98 Å². The van der Waals surface area contributed by atoms with Gasteiger partial charge in [0.05, 0.1) is 0 Å². The van der Waals surface area contributed by atoms with Gasteiger partial charge in [0.1, 0.15) is 0 Å². The van der Waals surface area contributed by atoms with Crippen molar-refractivity contribution in [2.45, 2.75) is 39.2 Å². The molecule has 1 aliphatic carbocycles. The van der Waals surface area contributed by atoms with E-state index in [1.165, 1.54) is 18.5 Å². The van der Waals surface area contributed by atoms with Crippen LogP contribution < -0.4 is 5.73 Å². The summed E-state index contributed by atoms with van der Waals surface area (Å²) in [6, 6.07) is 6.45. The molecule has 2 rings (SSSR count). The molecule has 2 N–H and O–H groups in total. The van der Waals surface area contributed by atoms with Gasteiger partial charge in [-0.15, -0.1) is 0 Å². The van der Waals surface area contributed by atoms with Crippen LogP contribution in [0, 0.1) is 11.3 Å². The number of pyridine rings is 1. The second-order valence-electron chi connectivity index (χ2n) is 6.65. The van der Waals surface area contributed by atoms with E-state index in [9.17, 15) is 0 Å². The molecule has 0 saturated heterocycles. The Bertz CT molecular complexity index is 388. The summed E-state index contributed by atoms with van der Waals surface area (Å²) in [6.07, 6.45) is 5.41. The minimum atomic E-state index is 0.312. The highest BCUT2D eigenvalue weighted by molar-refractivity contribution is 5.03. The second kappa shape index (κ2) is 6.02. The molecule has 3 nitrogen and oxygen atoms in total. The van der Waals surface area contributed by atoms with E-state index in [2.05, 4.69) is 42.9 Å². The highest BCUT2D eigenvalue weighted by Gasteiger charge is 2.39. The summed E-state index contributed by atoms with van der Waals surface area (Å²) in [4.78, 5) is 6.77. The predicted molar refractivity (Wildman–Crippen MR) is 79.9 cm³/mol. The maximum atomic E-state index is 6.37. The average molecular weight is 261 g/mol. The average Bonchev–Trinajstić information content (AvgIpc) is 2.65. The quantitative estimate of drug-likeness (QED) is 0.884. The smallest absolute Gasteiger partial charge is 0.0416 e. The molecule has 1 fully saturated rings. The molecule has 19 heavy (non-hydrogen) atoms. The molecule has 0 spiro atoms. The molecule has 0 radical (unpaired) electrons. The summed E-state index contributed by atoms with van der Waals surface area (Å²) in [5.74, 6) is 0.642. The molecule has 2 unspecified atom stereocenters. The van der Waals surface area contributed by atoms with E-state index >= 15 is 0 Å². The fourth-order valence-electron chi connectivity index (χ4n) is 3.09. The molecule has 0 amide bonds. The Kier molecular flexibility index (Phi) is 4.58. The lowest BCUT2D eigenvalue weighted by Gasteiger charge is -2.29. The summed E-state index contributed by atoms with van der Waals surface area (Å²) in [7, 11) is 2.20. The lowest BCUT2D eigenvalue weighted by atomic mass is 9.85. The van der Waals surface area contributed by atoms with Crippen LogP contribution in [0.25, 0.3) is 0 Å². The van der Waals surface area contributed by atoms with Crippen molar-refractivity contribution in [2.75, 3.05) is 20.1 Å². The maximum absolute atomic E-state index is 6.37. The molecule has 106 valence electrons. The van der Waals surface area contributed by atoms with E-state index in [1.54, 1.807) is 0 Å². The molecule has 2 atom stereocenters. The third-order valence-corrected chi connectivity index (χ3v) is 4.59. The van der Waals surface area contributed by atoms with Crippen molar-refractivity contribution >= 4 is 0 Å². The van der Waals surface area contributed by atoms with E-state index in [0.717, 1.165) is 19.5 Å². The normalized spacial score (nSPS) is 25.9. The highest BCUT2D eigenvalue weighted by Crippen LogP contribution is 2.40. The third-order valence-electron chi connectivity index (χ3n) is 4.59. The molecule has 1 saturated carbocycles. The summed E-state index contributed by atoms with van der Waals surface area (Å²) in [6.45, 7) is 6.76. The number of aromatic nitrogens is 1. The fourth-order valence-corrected chi connectivity index (χ4v) is 3.09. The summed E-state index contributed by atoms with van der Waals surface area (Å²) >= 11 is 0. The third kappa shape index (κ3) is 3.77. The van der Waals surface area contributed by atoms with Gasteiger partial charge >= 0.3 is 0 Å². The van der Waals surface area contributed by atoms with Crippen LogP contribution in [0.3, 0.4) is 0 Å². The van der Waals surface area contributed by atoms with Crippen molar-refractivity contribution in [1.82, 2.24) is 9.88 Å². The van der Waals surface area contributed by atoms with Crippen LogP contribution in [-0.2, 0) is 6.42 Å². The minimum Gasteiger partial charge on any atom is -0.327 e. The van der Waals surface area contributed by atoms with Crippen molar-refractivity contribution in [3.8, 4) is 0 Å². The van der Waals surface area contributed by atoms with E-state index in [-0.39, 0.29) is 0 Å². The van der Waals surface area contributed by atoms with Crippen molar-refractivity contribution in [3.05, 3.63) is 30.1 Å². The van der Waals surface area contributed by atoms with Crippen LogP contribution in [-0.4, -0.2) is 36.1 Å². The zero-order chi connectivity index (χ0) is 13.9. The zero-order valence-electron chi connectivity index (χ0n) is 12.5. The lowest BCUT2D eigenvalue weighted by molar-refractivity contribution is 0.235. The Morgan fingerprint density at radius 2 is 2.21 bits per heavy atom.